The molecule has 0 radical (unpaired) electrons. The van der Waals surface area contributed by atoms with Gasteiger partial charge in [-0.15, -0.1) is 11.3 Å². The van der Waals surface area contributed by atoms with Gasteiger partial charge in [-0.25, -0.2) is 0 Å². The molecule has 0 unspecified atom stereocenters. The first kappa shape index (κ1) is 15.3. The molecule has 24 heavy (non-hydrogen) atoms. The smallest absolute Gasteiger partial charge is 0.122 e. The van der Waals surface area contributed by atoms with E-state index in [0.29, 0.717) is 16.1 Å². The maximum Gasteiger partial charge on any atom is 0.122 e. The van der Waals surface area contributed by atoms with Gasteiger partial charge in [0.15, 0.2) is 0 Å². The van der Waals surface area contributed by atoms with Crippen LogP contribution in [0.25, 0.3) is 10.4 Å². The van der Waals surface area contributed by atoms with Crippen LogP contribution in [0.5, 0.6) is 0 Å². The van der Waals surface area contributed by atoms with Crippen LogP contribution in [0.3, 0.4) is 0 Å². The molecule has 2 aromatic heterocycles. The van der Waals surface area contributed by atoms with E-state index in [1.807, 2.05) is 6.07 Å². The van der Waals surface area contributed by atoms with Crippen LogP contribution in [0.2, 0.25) is 0 Å². The summed E-state index contributed by atoms with van der Waals surface area (Å²) in [4.78, 5) is 4.45. The number of H-pyrrole nitrogens is 1. The maximum absolute atomic E-state index is 9.65. The van der Waals surface area contributed by atoms with Crippen molar-refractivity contribution in [3.63, 3.8) is 0 Å². The Morgan fingerprint density at radius 3 is 2.71 bits per heavy atom. The van der Waals surface area contributed by atoms with Gasteiger partial charge in [-0.3, -0.25) is 0 Å². The highest BCUT2D eigenvalue weighted by Gasteiger charge is 2.26. The van der Waals surface area contributed by atoms with Crippen molar-refractivity contribution in [2.45, 2.75) is 25.2 Å². The average Bonchev–Trinajstić information content (AvgIpc) is 3.15. The van der Waals surface area contributed by atoms with Crippen molar-refractivity contribution in [1.82, 2.24) is 4.98 Å². The minimum Gasteiger partial charge on any atom is -0.349 e. The van der Waals surface area contributed by atoms with E-state index < -0.39 is 0 Å². The van der Waals surface area contributed by atoms with E-state index in [0.717, 1.165) is 29.7 Å². The van der Waals surface area contributed by atoms with Crippen LogP contribution in [0.15, 0.2) is 47.8 Å². The molecule has 1 aliphatic carbocycles. The molecule has 1 atom stereocenters. The number of benzene rings is 1. The first-order valence-electron chi connectivity index (χ1n) is 8.05. The van der Waals surface area contributed by atoms with E-state index in [4.69, 9.17) is 12.2 Å². The minimum atomic E-state index is 0.494. The summed E-state index contributed by atoms with van der Waals surface area (Å²) in [7, 11) is 0. The van der Waals surface area contributed by atoms with Crippen LogP contribution in [0.1, 0.15) is 34.7 Å². The van der Waals surface area contributed by atoms with Gasteiger partial charge in [-0.05, 0) is 47.8 Å². The van der Waals surface area contributed by atoms with Gasteiger partial charge in [-0.2, -0.15) is 5.26 Å². The molecule has 0 saturated carbocycles. The number of aromatic nitrogens is 1. The molecule has 4 rings (SSSR count). The molecular formula is C20H16N2S2. The first-order valence-corrected chi connectivity index (χ1v) is 9.33. The van der Waals surface area contributed by atoms with Crippen molar-refractivity contribution in [3.8, 4) is 16.5 Å². The number of nitrogens with one attached hydrogen (secondary N) is 1. The number of pyridine rings is 1. The van der Waals surface area contributed by atoms with Crippen molar-refractivity contribution >= 4 is 23.6 Å². The van der Waals surface area contributed by atoms with Crippen LogP contribution >= 0.6 is 23.6 Å². The number of aromatic amines is 1. The second-order valence-electron chi connectivity index (χ2n) is 6.10. The highest BCUT2D eigenvalue weighted by atomic mass is 32.1. The summed E-state index contributed by atoms with van der Waals surface area (Å²) in [5, 5.41) is 11.7. The predicted molar refractivity (Wildman–Crippen MR) is 101 cm³/mol. The van der Waals surface area contributed by atoms with Gasteiger partial charge in [0.2, 0.25) is 0 Å². The summed E-state index contributed by atoms with van der Waals surface area (Å²) in [5.41, 5.74) is 5.50. The molecule has 2 nitrogen and oxygen atoms in total. The van der Waals surface area contributed by atoms with Crippen LogP contribution in [-0.4, -0.2) is 4.98 Å². The van der Waals surface area contributed by atoms with Gasteiger partial charge >= 0.3 is 0 Å². The number of thiophene rings is 1. The Kier molecular flexibility index (Phi) is 4.05. The summed E-state index contributed by atoms with van der Waals surface area (Å²) in [6, 6.07) is 17.1. The monoisotopic (exact) mass is 348 g/mol. The van der Waals surface area contributed by atoms with Gasteiger partial charge in [0, 0.05) is 16.1 Å². The van der Waals surface area contributed by atoms with Gasteiger partial charge in [0.1, 0.15) is 10.7 Å². The molecule has 118 valence electrons. The number of nitriles is 1. The summed E-state index contributed by atoms with van der Waals surface area (Å²) in [6.45, 7) is 0. The first-order chi connectivity index (χ1) is 11.8. The largest absolute Gasteiger partial charge is 0.349 e. The third-order valence-electron chi connectivity index (χ3n) is 4.75. The number of fused-ring (bicyclic) bond motifs is 1. The highest BCUT2D eigenvalue weighted by Crippen LogP contribution is 2.40. The standard InChI is InChI=1S/C20H16N2S2/c21-12-16-19(18-7-4-10-24-18)15-11-14(13-5-2-1-3-6-13)8-9-17(15)22-20(16)23/h1-7,10,14H,8-9,11H2,(H,22,23)/t14-/m1/s1. The van der Waals surface area contributed by atoms with E-state index in [1.54, 1.807) is 11.3 Å². The number of rotatable bonds is 2. The second kappa shape index (κ2) is 6.35. The van der Waals surface area contributed by atoms with E-state index in [1.165, 1.54) is 16.8 Å². The van der Waals surface area contributed by atoms with E-state index >= 15 is 0 Å². The molecule has 0 fully saturated rings. The molecule has 0 bridgehead atoms. The Morgan fingerprint density at radius 2 is 2.00 bits per heavy atom. The topological polar surface area (TPSA) is 39.6 Å². The lowest BCUT2D eigenvalue weighted by molar-refractivity contribution is 0.574. The fourth-order valence-electron chi connectivity index (χ4n) is 3.61. The van der Waals surface area contributed by atoms with Gasteiger partial charge in [-0.1, -0.05) is 48.6 Å². The molecule has 0 spiro atoms. The van der Waals surface area contributed by atoms with Crippen LogP contribution in [-0.2, 0) is 12.8 Å². The Balaban J connectivity index is 1.88. The minimum absolute atomic E-state index is 0.494. The Labute approximate surface area is 150 Å². The molecule has 0 saturated heterocycles. The van der Waals surface area contributed by atoms with Gasteiger partial charge in [0.05, 0.1) is 5.56 Å². The fraction of sp³-hybridized carbons (Fsp3) is 0.200. The van der Waals surface area contributed by atoms with Crippen LogP contribution in [0, 0.1) is 16.0 Å². The van der Waals surface area contributed by atoms with E-state index in [9.17, 15) is 5.26 Å². The van der Waals surface area contributed by atoms with E-state index in [2.05, 4.69) is 52.8 Å². The van der Waals surface area contributed by atoms with E-state index in [-0.39, 0.29) is 0 Å². The van der Waals surface area contributed by atoms with Crippen LogP contribution < -0.4 is 0 Å². The van der Waals surface area contributed by atoms with Gasteiger partial charge in [0.25, 0.3) is 0 Å². The predicted octanol–water partition coefficient (Wildman–Crippen LogP) is 5.62. The van der Waals surface area contributed by atoms with Crippen molar-refractivity contribution in [2.75, 3.05) is 0 Å². The second-order valence-corrected chi connectivity index (χ2v) is 7.46. The lowest BCUT2D eigenvalue weighted by Gasteiger charge is -2.27. The lowest BCUT2D eigenvalue weighted by Crippen LogP contribution is -2.16. The Bertz CT molecular complexity index is 963. The third kappa shape index (κ3) is 2.60. The quantitative estimate of drug-likeness (QED) is 0.611. The number of aryl methyl sites for hydroxylation is 1. The summed E-state index contributed by atoms with van der Waals surface area (Å²) in [6.07, 6.45) is 3.04. The normalized spacial score (nSPS) is 16.4. The molecule has 3 aromatic rings. The number of nitrogens with zero attached hydrogens (tertiary/aromatic N) is 1. The summed E-state index contributed by atoms with van der Waals surface area (Å²) < 4.78 is 0.567. The fourth-order valence-corrected chi connectivity index (χ4v) is 4.68. The summed E-state index contributed by atoms with van der Waals surface area (Å²) in [5.74, 6) is 0.494. The van der Waals surface area contributed by atoms with Crippen LogP contribution in [0.4, 0.5) is 0 Å². The van der Waals surface area contributed by atoms with Crippen molar-refractivity contribution in [3.05, 3.63) is 74.9 Å². The summed E-state index contributed by atoms with van der Waals surface area (Å²) >= 11 is 7.12. The zero-order valence-electron chi connectivity index (χ0n) is 13.1. The van der Waals surface area contributed by atoms with Crippen molar-refractivity contribution in [2.24, 2.45) is 0 Å². The molecule has 0 amide bonds. The maximum atomic E-state index is 9.65. The lowest BCUT2D eigenvalue weighted by atomic mass is 9.79. The zero-order valence-corrected chi connectivity index (χ0v) is 14.7. The zero-order chi connectivity index (χ0) is 16.5. The number of hydrogen-bond acceptors (Lipinski definition) is 3. The van der Waals surface area contributed by atoms with Crippen molar-refractivity contribution in [1.29, 1.82) is 5.26 Å². The molecule has 0 aliphatic heterocycles. The average molecular weight is 348 g/mol. The Hall–Kier alpha value is -2.22. The molecule has 4 heteroatoms. The molecule has 2 heterocycles. The third-order valence-corrected chi connectivity index (χ3v) is 5.94. The van der Waals surface area contributed by atoms with Crippen molar-refractivity contribution < 1.29 is 0 Å². The molecule has 1 aliphatic rings. The highest BCUT2D eigenvalue weighted by molar-refractivity contribution is 7.71. The number of hydrogen-bond donors (Lipinski definition) is 1. The molecular weight excluding hydrogens is 332 g/mol. The molecule has 1 N–H and O–H groups in total. The SMILES string of the molecule is N#Cc1c(-c2cccs2)c2c([nH]c1=S)CC[C@@H](c1ccccc1)C2. The van der Waals surface area contributed by atoms with Gasteiger partial charge < -0.3 is 4.98 Å². The Morgan fingerprint density at radius 1 is 1.17 bits per heavy atom. The molecule has 1 aromatic carbocycles.